The monoisotopic (exact) mass is 280 g/mol. The Morgan fingerprint density at radius 1 is 1.10 bits per heavy atom. The largest absolute Gasteiger partial charge is 0.356 e. The third-order valence-electron chi connectivity index (χ3n) is 5.69. The number of nitrogens with two attached hydrogens (primary N) is 1. The maximum atomic E-state index is 12.3. The maximum Gasteiger partial charge on any atom is 0.223 e. The molecule has 0 saturated heterocycles. The van der Waals surface area contributed by atoms with Gasteiger partial charge in [-0.05, 0) is 37.0 Å². The molecule has 3 N–H and O–H groups in total. The van der Waals surface area contributed by atoms with E-state index >= 15 is 0 Å². The number of rotatable bonds is 4. The second kappa shape index (κ2) is 7.44. The molecule has 0 aromatic heterocycles. The predicted molar refractivity (Wildman–Crippen MR) is 83.2 cm³/mol. The van der Waals surface area contributed by atoms with Crippen LogP contribution in [-0.2, 0) is 4.79 Å². The number of hydrogen-bond acceptors (Lipinski definition) is 2. The second-order valence-electron chi connectivity index (χ2n) is 7.27. The lowest BCUT2D eigenvalue weighted by Crippen LogP contribution is -2.44. The van der Waals surface area contributed by atoms with Crippen molar-refractivity contribution in [2.45, 2.75) is 71.3 Å². The number of nitrogens with one attached hydrogen (secondary N) is 1. The van der Waals surface area contributed by atoms with Gasteiger partial charge in [-0.3, -0.25) is 4.79 Å². The molecule has 2 rings (SSSR count). The zero-order valence-electron chi connectivity index (χ0n) is 13.2. The predicted octanol–water partition coefficient (Wildman–Crippen LogP) is 3.08. The van der Waals surface area contributed by atoms with Crippen LogP contribution in [0.1, 0.15) is 65.2 Å². The van der Waals surface area contributed by atoms with Crippen molar-refractivity contribution in [2.75, 3.05) is 6.54 Å². The van der Waals surface area contributed by atoms with Crippen LogP contribution in [0.2, 0.25) is 0 Å². The van der Waals surface area contributed by atoms with Gasteiger partial charge in [-0.2, -0.15) is 0 Å². The molecule has 2 aliphatic rings. The molecule has 2 saturated carbocycles. The van der Waals surface area contributed by atoms with Crippen molar-refractivity contribution in [3.8, 4) is 0 Å². The normalized spacial score (nSPS) is 38.5. The lowest BCUT2D eigenvalue weighted by Gasteiger charge is -2.33. The van der Waals surface area contributed by atoms with Crippen molar-refractivity contribution < 1.29 is 4.79 Å². The maximum absolute atomic E-state index is 12.3. The molecule has 116 valence electrons. The first-order chi connectivity index (χ1) is 9.58. The number of amides is 1. The highest BCUT2D eigenvalue weighted by molar-refractivity contribution is 5.79. The highest BCUT2D eigenvalue weighted by Gasteiger charge is 2.32. The first kappa shape index (κ1) is 15.8. The van der Waals surface area contributed by atoms with Crippen molar-refractivity contribution in [2.24, 2.45) is 29.4 Å². The molecule has 0 aliphatic heterocycles. The van der Waals surface area contributed by atoms with Crippen LogP contribution in [0.5, 0.6) is 0 Å². The van der Waals surface area contributed by atoms with Gasteiger partial charge in [0.2, 0.25) is 5.91 Å². The Hall–Kier alpha value is -0.570. The summed E-state index contributed by atoms with van der Waals surface area (Å²) in [6.07, 6.45) is 9.78. The Labute approximate surface area is 124 Å². The molecule has 0 heterocycles. The molecular formula is C17H32N2O. The fourth-order valence-electron chi connectivity index (χ4n) is 3.92. The quantitative estimate of drug-likeness (QED) is 0.831. The molecule has 3 atom stereocenters. The van der Waals surface area contributed by atoms with Gasteiger partial charge in [0.1, 0.15) is 0 Å². The number of carbonyl (C=O) groups is 1. The summed E-state index contributed by atoms with van der Waals surface area (Å²) in [7, 11) is 0. The summed E-state index contributed by atoms with van der Waals surface area (Å²) in [5.74, 6) is 2.46. The molecule has 0 radical (unpaired) electrons. The molecule has 0 aromatic rings. The Morgan fingerprint density at radius 3 is 2.50 bits per heavy atom. The summed E-state index contributed by atoms with van der Waals surface area (Å²) in [5, 5.41) is 3.17. The second-order valence-corrected chi connectivity index (χ2v) is 7.27. The van der Waals surface area contributed by atoms with E-state index in [0.29, 0.717) is 5.92 Å². The van der Waals surface area contributed by atoms with Gasteiger partial charge in [-0.1, -0.05) is 46.0 Å². The van der Waals surface area contributed by atoms with Gasteiger partial charge in [0.05, 0.1) is 0 Å². The van der Waals surface area contributed by atoms with Gasteiger partial charge in [0.25, 0.3) is 0 Å². The molecule has 3 nitrogen and oxygen atoms in total. The van der Waals surface area contributed by atoms with Crippen LogP contribution < -0.4 is 11.1 Å². The lowest BCUT2D eigenvalue weighted by atomic mass is 9.77. The van der Waals surface area contributed by atoms with Crippen molar-refractivity contribution in [3.05, 3.63) is 0 Å². The number of hydrogen-bond donors (Lipinski definition) is 2. The van der Waals surface area contributed by atoms with Crippen LogP contribution in [0.3, 0.4) is 0 Å². The summed E-state index contributed by atoms with van der Waals surface area (Å²) in [4.78, 5) is 12.3. The minimum atomic E-state index is 0.144. The average Bonchev–Trinajstić information content (AvgIpc) is 2.44. The third kappa shape index (κ3) is 4.21. The molecule has 2 aliphatic carbocycles. The average molecular weight is 280 g/mol. The lowest BCUT2D eigenvalue weighted by molar-refractivity contribution is -0.127. The zero-order valence-corrected chi connectivity index (χ0v) is 13.2. The van der Waals surface area contributed by atoms with Crippen LogP contribution in [0.4, 0.5) is 0 Å². The minimum absolute atomic E-state index is 0.144. The van der Waals surface area contributed by atoms with E-state index in [-0.39, 0.29) is 17.9 Å². The zero-order chi connectivity index (χ0) is 14.5. The van der Waals surface area contributed by atoms with E-state index in [1.54, 1.807) is 0 Å². The van der Waals surface area contributed by atoms with E-state index in [4.69, 9.17) is 5.73 Å². The van der Waals surface area contributed by atoms with Crippen molar-refractivity contribution in [3.63, 3.8) is 0 Å². The van der Waals surface area contributed by atoms with Gasteiger partial charge in [-0.15, -0.1) is 0 Å². The van der Waals surface area contributed by atoms with Gasteiger partial charge in [0.15, 0.2) is 0 Å². The molecule has 0 aromatic carbocycles. The Bertz CT molecular complexity index is 310. The van der Waals surface area contributed by atoms with Crippen LogP contribution >= 0.6 is 0 Å². The van der Waals surface area contributed by atoms with Crippen LogP contribution in [-0.4, -0.2) is 18.5 Å². The smallest absolute Gasteiger partial charge is 0.223 e. The van der Waals surface area contributed by atoms with E-state index in [0.717, 1.165) is 44.1 Å². The molecule has 3 unspecified atom stereocenters. The Balaban J connectivity index is 1.67. The highest BCUT2D eigenvalue weighted by atomic mass is 16.1. The summed E-state index contributed by atoms with van der Waals surface area (Å²) in [6, 6.07) is 0.208. The SMILES string of the molecule is CC1CCC(CCNC(=O)C2CCCC(N)C2C)CC1. The molecule has 3 heteroatoms. The van der Waals surface area contributed by atoms with Crippen LogP contribution in [0, 0.1) is 23.7 Å². The molecular weight excluding hydrogens is 248 g/mol. The molecule has 20 heavy (non-hydrogen) atoms. The summed E-state index contributed by atoms with van der Waals surface area (Å²) < 4.78 is 0. The standard InChI is InChI=1S/C17H32N2O/c1-12-6-8-14(9-7-12)10-11-19-17(20)15-4-3-5-16(18)13(15)2/h12-16H,3-11,18H2,1-2H3,(H,19,20). The van der Waals surface area contributed by atoms with Gasteiger partial charge >= 0.3 is 0 Å². The van der Waals surface area contributed by atoms with Crippen molar-refractivity contribution in [1.29, 1.82) is 0 Å². The first-order valence-corrected chi connectivity index (χ1v) is 8.61. The fraction of sp³-hybridized carbons (Fsp3) is 0.941. The number of carbonyl (C=O) groups excluding carboxylic acids is 1. The van der Waals surface area contributed by atoms with Crippen LogP contribution in [0.15, 0.2) is 0 Å². The van der Waals surface area contributed by atoms with E-state index in [1.165, 1.54) is 25.7 Å². The van der Waals surface area contributed by atoms with Gasteiger partial charge < -0.3 is 11.1 Å². The van der Waals surface area contributed by atoms with Gasteiger partial charge in [-0.25, -0.2) is 0 Å². The van der Waals surface area contributed by atoms with Crippen molar-refractivity contribution >= 4 is 5.91 Å². The topological polar surface area (TPSA) is 55.1 Å². The summed E-state index contributed by atoms with van der Waals surface area (Å²) in [5.41, 5.74) is 6.09. The molecule has 0 bridgehead atoms. The molecule has 2 fully saturated rings. The highest BCUT2D eigenvalue weighted by Crippen LogP contribution is 2.31. The van der Waals surface area contributed by atoms with Crippen LogP contribution in [0.25, 0.3) is 0 Å². The van der Waals surface area contributed by atoms with E-state index < -0.39 is 0 Å². The van der Waals surface area contributed by atoms with Crippen molar-refractivity contribution in [1.82, 2.24) is 5.32 Å². The first-order valence-electron chi connectivity index (χ1n) is 8.61. The van der Waals surface area contributed by atoms with E-state index in [1.807, 2.05) is 0 Å². The fourth-order valence-corrected chi connectivity index (χ4v) is 3.92. The van der Waals surface area contributed by atoms with E-state index in [9.17, 15) is 4.79 Å². The molecule has 1 amide bonds. The Morgan fingerprint density at radius 2 is 1.80 bits per heavy atom. The Kier molecular flexibility index (Phi) is 5.88. The summed E-state index contributed by atoms with van der Waals surface area (Å²) in [6.45, 7) is 5.35. The van der Waals surface area contributed by atoms with Gasteiger partial charge in [0, 0.05) is 18.5 Å². The summed E-state index contributed by atoms with van der Waals surface area (Å²) >= 11 is 0. The molecule has 0 spiro atoms. The van der Waals surface area contributed by atoms with E-state index in [2.05, 4.69) is 19.2 Å². The third-order valence-corrected chi connectivity index (χ3v) is 5.69. The minimum Gasteiger partial charge on any atom is -0.356 e.